The van der Waals surface area contributed by atoms with E-state index < -0.39 is 5.97 Å². The van der Waals surface area contributed by atoms with E-state index in [4.69, 9.17) is 5.11 Å². The highest BCUT2D eigenvalue weighted by Crippen LogP contribution is 2.06. The lowest BCUT2D eigenvalue weighted by atomic mass is 10.2. The Morgan fingerprint density at radius 3 is 2.58 bits per heavy atom. The molecule has 1 aliphatic rings. The minimum absolute atomic E-state index is 0.137. The van der Waals surface area contributed by atoms with Crippen LogP contribution in [0.15, 0.2) is 18.5 Å². The molecule has 104 valence electrons. The molecule has 1 amide bonds. The fourth-order valence-corrected chi connectivity index (χ4v) is 2.23. The topological polar surface area (TPSA) is 76.6 Å². The number of rotatable bonds is 5. The summed E-state index contributed by atoms with van der Waals surface area (Å²) in [5.74, 6) is -0.636. The number of amides is 1. The summed E-state index contributed by atoms with van der Waals surface area (Å²) in [5.41, 5.74) is 0.998. The predicted molar refractivity (Wildman–Crippen MR) is 69.8 cm³/mol. The third kappa shape index (κ3) is 4.10. The summed E-state index contributed by atoms with van der Waals surface area (Å²) in [4.78, 5) is 29.4. The molecule has 0 radical (unpaired) electrons. The van der Waals surface area contributed by atoms with Gasteiger partial charge in [0.2, 0.25) is 5.91 Å². The third-order valence-corrected chi connectivity index (χ3v) is 3.38. The lowest BCUT2D eigenvalue weighted by Crippen LogP contribution is -2.49. The Hall–Kier alpha value is -1.82. The minimum Gasteiger partial charge on any atom is -0.481 e. The highest BCUT2D eigenvalue weighted by molar-refractivity contribution is 5.78. The van der Waals surface area contributed by atoms with Gasteiger partial charge in [0.15, 0.2) is 0 Å². The Bertz CT molecular complexity index is 422. The summed E-state index contributed by atoms with van der Waals surface area (Å²) in [7, 11) is 0. The van der Waals surface area contributed by atoms with Gasteiger partial charge in [0.1, 0.15) is 0 Å². The summed E-state index contributed by atoms with van der Waals surface area (Å²) >= 11 is 0. The molecule has 19 heavy (non-hydrogen) atoms. The maximum Gasteiger partial charge on any atom is 0.304 e. The van der Waals surface area contributed by atoms with Crippen molar-refractivity contribution in [2.75, 3.05) is 32.7 Å². The van der Waals surface area contributed by atoms with Crippen LogP contribution in [0.4, 0.5) is 0 Å². The maximum absolute atomic E-state index is 12.0. The number of carboxylic acids is 1. The van der Waals surface area contributed by atoms with Crippen LogP contribution in [0.1, 0.15) is 12.0 Å². The molecule has 6 nitrogen and oxygen atoms in total. The molecule has 2 rings (SSSR count). The van der Waals surface area contributed by atoms with Crippen LogP contribution in [0.2, 0.25) is 0 Å². The monoisotopic (exact) mass is 265 g/mol. The van der Waals surface area contributed by atoms with E-state index in [0.29, 0.717) is 26.1 Å². The molecular weight excluding hydrogens is 246 g/mol. The van der Waals surface area contributed by atoms with Crippen molar-refractivity contribution in [1.29, 1.82) is 0 Å². The zero-order valence-electron chi connectivity index (χ0n) is 10.8. The molecule has 1 fully saturated rings. The number of carboxylic acid groups (broad SMARTS) is 1. The van der Waals surface area contributed by atoms with Gasteiger partial charge in [-0.05, 0) is 11.6 Å². The van der Waals surface area contributed by atoms with Gasteiger partial charge in [-0.1, -0.05) is 0 Å². The van der Waals surface area contributed by atoms with Crippen molar-refractivity contribution >= 4 is 11.9 Å². The predicted octanol–water partition coefficient (Wildman–Crippen LogP) is 0.176. The molecule has 0 bridgehead atoms. The number of nitrogens with zero attached hydrogens (tertiary/aromatic N) is 2. The highest BCUT2D eigenvalue weighted by atomic mass is 16.4. The molecule has 1 saturated heterocycles. The number of H-pyrrole nitrogens is 1. The number of aromatic amines is 1. The average Bonchev–Trinajstić information content (AvgIpc) is 2.89. The summed E-state index contributed by atoms with van der Waals surface area (Å²) in [6, 6.07) is 1.90. The Kier molecular flexibility index (Phi) is 4.57. The molecule has 1 aromatic heterocycles. The Morgan fingerprint density at radius 2 is 2.00 bits per heavy atom. The number of aliphatic carboxylic acids is 1. The van der Waals surface area contributed by atoms with Gasteiger partial charge in [-0.3, -0.25) is 14.5 Å². The van der Waals surface area contributed by atoms with Crippen molar-refractivity contribution in [3.8, 4) is 0 Å². The smallest absolute Gasteiger partial charge is 0.304 e. The highest BCUT2D eigenvalue weighted by Gasteiger charge is 2.21. The van der Waals surface area contributed by atoms with Crippen LogP contribution in [0.25, 0.3) is 0 Å². The van der Waals surface area contributed by atoms with E-state index in [0.717, 1.165) is 18.7 Å². The second-order valence-electron chi connectivity index (χ2n) is 4.76. The summed E-state index contributed by atoms with van der Waals surface area (Å²) < 4.78 is 0. The number of hydrogen-bond donors (Lipinski definition) is 2. The first-order valence-electron chi connectivity index (χ1n) is 6.49. The second-order valence-corrected chi connectivity index (χ2v) is 4.76. The molecule has 0 spiro atoms. The van der Waals surface area contributed by atoms with E-state index in [1.807, 2.05) is 23.4 Å². The van der Waals surface area contributed by atoms with Crippen LogP contribution < -0.4 is 0 Å². The van der Waals surface area contributed by atoms with Gasteiger partial charge in [-0.25, -0.2) is 0 Å². The number of nitrogens with one attached hydrogen (secondary N) is 1. The summed E-state index contributed by atoms with van der Waals surface area (Å²) in [6.45, 7) is 3.44. The Labute approximate surface area is 112 Å². The quantitative estimate of drug-likeness (QED) is 0.796. The molecule has 0 atom stereocenters. The standard InChI is InChI=1S/C13H19N3O3/c17-12(9-11-1-3-14-10-11)16-7-5-15(6-8-16)4-2-13(18)19/h1,3,10,14H,2,4-9H2,(H,18,19). The molecule has 2 heterocycles. The Balaban J connectivity index is 1.73. The van der Waals surface area contributed by atoms with Crippen LogP contribution >= 0.6 is 0 Å². The van der Waals surface area contributed by atoms with E-state index >= 15 is 0 Å². The van der Waals surface area contributed by atoms with E-state index in [1.165, 1.54) is 0 Å². The first-order valence-corrected chi connectivity index (χ1v) is 6.49. The van der Waals surface area contributed by atoms with Crippen LogP contribution in [-0.2, 0) is 16.0 Å². The summed E-state index contributed by atoms with van der Waals surface area (Å²) in [6.07, 6.45) is 4.24. The fraction of sp³-hybridized carbons (Fsp3) is 0.538. The molecule has 0 unspecified atom stereocenters. The third-order valence-electron chi connectivity index (χ3n) is 3.38. The fourth-order valence-electron chi connectivity index (χ4n) is 2.23. The lowest BCUT2D eigenvalue weighted by molar-refractivity contribution is -0.138. The van der Waals surface area contributed by atoms with Gasteiger partial charge in [-0.2, -0.15) is 0 Å². The maximum atomic E-state index is 12.0. The van der Waals surface area contributed by atoms with E-state index in [2.05, 4.69) is 9.88 Å². The number of hydrogen-bond acceptors (Lipinski definition) is 3. The molecular formula is C13H19N3O3. The molecule has 0 aliphatic carbocycles. The van der Waals surface area contributed by atoms with Crippen LogP contribution in [0, 0.1) is 0 Å². The first kappa shape index (κ1) is 13.6. The molecule has 0 saturated carbocycles. The lowest BCUT2D eigenvalue weighted by Gasteiger charge is -2.34. The largest absolute Gasteiger partial charge is 0.481 e. The average molecular weight is 265 g/mol. The molecule has 1 aliphatic heterocycles. The SMILES string of the molecule is O=C(O)CCN1CCN(C(=O)Cc2cc[nH]c2)CC1. The molecule has 6 heteroatoms. The van der Waals surface area contributed by atoms with Crippen molar-refractivity contribution in [3.05, 3.63) is 24.0 Å². The van der Waals surface area contributed by atoms with Crippen molar-refractivity contribution in [1.82, 2.24) is 14.8 Å². The zero-order chi connectivity index (χ0) is 13.7. The second kappa shape index (κ2) is 6.38. The van der Waals surface area contributed by atoms with Crippen LogP contribution in [0.3, 0.4) is 0 Å². The van der Waals surface area contributed by atoms with E-state index in [-0.39, 0.29) is 12.3 Å². The molecule has 2 N–H and O–H groups in total. The van der Waals surface area contributed by atoms with E-state index in [9.17, 15) is 9.59 Å². The Morgan fingerprint density at radius 1 is 1.26 bits per heavy atom. The van der Waals surface area contributed by atoms with E-state index in [1.54, 1.807) is 0 Å². The number of carbonyl (C=O) groups is 2. The van der Waals surface area contributed by atoms with Gasteiger partial charge in [0.25, 0.3) is 0 Å². The normalized spacial score (nSPS) is 16.5. The van der Waals surface area contributed by atoms with Crippen molar-refractivity contribution in [3.63, 3.8) is 0 Å². The van der Waals surface area contributed by atoms with Crippen LogP contribution in [-0.4, -0.2) is 64.5 Å². The van der Waals surface area contributed by atoms with Crippen molar-refractivity contribution < 1.29 is 14.7 Å². The van der Waals surface area contributed by atoms with Gasteiger partial charge in [0, 0.05) is 45.1 Å². The van der Waals surface area contributed by atoms with Crippen molar-refractivity contribution in [2.45, 2.75) is 12.8 Å². The summed E-state index contributed by atoms with van der Waals surface area (Å²) in [5, 5.41) is 8.63. The number of carbonyl (C=O) groups excluding carboxylic acids is 1. The number of piperazine rings is 1. The zero-order valence-corrected chi connectivity index (χ0v) is 10.8. The minimum atomic E-state index is -0.772. The molecule has 1 aromatic rings. The van der Waals surface area contributed by atoms with Gasteiger partial charge >= 0.3 is 5.97 Å². The molecule has 0 aromatic carbocycles. The van der Waals surface area contributed by atoms with Gasteiger partial charge in [-0.15, -0.1) is 0 Å². The van der Waals surface area contributed by atoms with Crippen LogP contribution in [0.5, 0.6) is 0 Å². The van der Waals surface area contributed by atoms with Crippen molar-refractivity contribution in [2.24, 2.45) is 0 Å². The first-order chi connectivity index (χ1) is 9.15. The number of aromatic nitrogens is 1. The van der Waals surface area contributed by atoms with Gasteiger partial charge < -0.3 is 15.0 Å². The van der Waals surface area contributed by atoms with Gasteiger partial charge in [0.05, 0.1) is 12.8 Å².